The fourth-order valence-corrected chi connectivity index (χ4v) is 3.03. The summed E-state index contributed by atoms with van der Waals surface area (Å²) in [7, 11) is 1.42. The first kappa shape index (κ1) is 17.3. The third-order valence-corrected chi connectivity index (χ3v) is 4.31. The molecule has 0 aliphatic heterocycles. The normalized spacial score (nSPS) is 10.5. The molecule has 0 aliphatic rings. The van der Waals surface area contributed by atoms with Gasteiger partial charge in [0.05, 0.1) is 27.7 Å². The van der Waals surface area contributed by atoms with Gasteiger partial charge in [-0.3, -0.25) is 25.2 Å². The number of nitro groups is 2. The van der Waals surface area contributed by atoms with E-state index in [1.54, 1.807) is 24.3 Å². The van der Waals surface area contributed by atoms with Crippen molar-refractivity contribution in [2.24, 2.45) is 5.10 Å². The van der Waals surface area contributed by atoms with E-state index in [-0.39, 0.29) is 9.34 Å². The highest BCUT2D eigenvalue weighted by atomic mass is 35.5. The van der Waals surface area contributed by atoms with Gasteiger partial charge in [0.2, 0.25) is 0 Å². The number of rotatable bonds is 5. The molecule has 0 saturated carbocycles. The van der Waals surface area contributed by atoms with Gasteiger partial charge in [-0.2, -0.15) is 10.4 Å². The smallest absolute Gasteiger partial charge is 0.258 e. The Kier molecular flexibility index (Phi) is 5.08. The summed E-state index contributed by atoms with van der Waals surface area (Å²) < 4.78 is -0.290. The van der Waals surface area contributed by atoms with Crippen molar-refractivity contribution < 1.29 is 9.85 Å². The molecule has 1 aromatic heterocycles. The highest BCUT2D eigenvalue weighted by Crippen LogP contribution is 2.49. The third kappa shape index (κ3) is 3.48. The molecule has 24 heavy (non-hydrogen) atoms. The maximum Gasteiger partial charge on any atom is 0.383 e. The van der Waals surface area contributed by atoms with Gasteiger partial charge in [-0.15, -0.1) is 0 Å². The van der Waals surface area contributed by atoms with E-state index in [4.69, 9.17) is 16.9 Å². The Balaban J connectivity index is 2.35. The van der Waals surface area contributed by atoms with Crippen LogP contribution in [0.2, 0.25) is 4.34 Å². The number of nitrogens with zero attached hydrogens (tertiary/aromatic N) is 5. The van der Waals surface area contributed by atoms with Crippen molar-refractivity contribution in [2.45, 2.75) is 0 Å². The van der Waals surface area contributed by atoms with Crippen LogP contribution >= 0.6 is 22.9 Å². The predicted octanol–water partition coefficient (Wildman–Crippen LogP) is 3.56. The molecular formula is C13H8ClN5O4S. The number of halogens is 1. The zero-order valence-corrected chi connectivity index (χ0v) is 13.6. The molecule has 2 aromatic rings. The molecule has 0 spiro atoms. The SMILES string of the molecule is CN(N=Cc1ccc(C#N)cc1)c1sc(Cl)c([N+](=O)[O-])c1[N+](=O)[O-]. The summed E-state index contributed by atoms with van der Waals surface area (Å²) in [6.45, 7) is 0. The molecule has 0 N–H and O–H groups in total. The number of benzene rings is 1. The Hall–Kier alpha value is -3.03. The monoisotopic (exact) mass is 365 g/mol. The molecule has 0 saturated heterocycles. The first-order valence-corrected chi connectivity index (χ1v) is 7.43. The minimum absolute atomic E-state index is 0.0541. The topological polar surface area (TPSA) is 126 Å². The minimum atomic E-state index is -0.890. The lowest BCUT2D eigenvalue weighted by Crippen LogP contribution is -2.09. The first-order valence-electron chi connectivity index (χ1n) is 6.24. The number of hydrogen-bond donors (Lipinski definition) is 0. The number of nitriles is 1. The van der Waals surface area contributed by atoms with E-state index in [1.165, 1.54) is 13.3 Å². The van der Waals surface area contributed by atoms with Crippen molar-refractivity contribution in [3.63, 3.8) is 0 Å². The Bertz CT molecular complexity index is 872. The van der Waals surface area contributed by atoms with Crippen molar-refractivity contribution in [2.75, 3.05) is 12.1 Å². The van der Waals surface area contributed by atoms with Crippen LogP contribution in [0.3, 0.4) is 0 Å². The molecule has 0 unspecified atom stereocenters. The van der Waals surface area contributed by atoms with Crippen molar-refractivity contribution in [3.8, 4) is 6.07 Å². The summed E-state index contributed by atoms with van der Waals surface area (Å²) in [6, 6.07) is 8.46. The Morgan fingerprint density at radius 1 is 1.25 bits per heavy atom. The quantitative estimate of drug-likeness (QED) is 0.453. The molecule has 11 heteroatoms. The van der Waals surface area contributed by atoms with Crippen LogP contribution in [0.25, 0.3) is 0 Å². The highest BCUT2D eigenvalue weighted by Gasteiger charge is 2.37. The number of hydrazone groups is 1. The van der Waals surface area contributed by atoms with Crippen molar-refractivity contribution in [1.29, 1.82) is 5.26 Å². The minimum Gasteiger partial charge on any atom is -0.258 e. The van der Waals surface area contributed by atoms with Crippen LogP contribution in [-0.2, 0) is 0 Å². The molecule has 0 bridgehead atoms. The van der Waals surface area contributed by atoms with Gasteiger partial charge in [-0.1, -0.05) is 35.1 Å². The lowest BCUT2D eigenvalue weighted by Gasteiger charge is -2.08. The summed E-state index contributed by atoms with van der Waals surface area (Å²) in [5.74, 6) is 0. The van der Waals surface area contributed by atoms with Gasteiger partial charge >= 0.3 is 11.4 Å². The fourth-order valence-electron chi connectivity index (χ4n) is 1.77. The van der Waals surface area contributed by atoms with E-state index in [0.29, 0.717) is 22.5 Å². The summed E-state index contributed by atoms with van der Waals surface area (Å²) in [5.41, 5.74) is -0.311. The summed E-state index contributed by atoms with van der Waals surface area (Å²) >= 11 is 6.45. The van der Waals surface area contributed by atoms with Crippen LogP contribution in [0.4, 0.5) is 16.4 Å². The summed E-state index contributed by atoms with van der Waals surface area (Å²) in [5, 5.41) is 36.0. The molecule has 1 aromatic carbocycles. The Morgan fingerprint density at radius 2 is 1.83 bits per heavy atom. The van der Waals surface area contributed by atoms with Gasteiger partial charge in [0.15, 0.2) is 9.34 Å². The van der Waals surface area contributed by atoms with E-state index in [1.807, 2.05) is 6.07 Å². The zero-order chi connectivity index (χ0) is 17.9. The van der Waals surface area contributed by atoms with Gasteiger partial charge in [-0.05, 0) is 17.7 Å². The highest BCUT2D eigenvalue weighted by molar-refractivity contribution is 7.21. The van der Waals surface area contributed by atoms with Crippen LogP contribution in [0.5, 0.6) is 0 Å². The number of anilines is 1. The molecule has 1 heterocycles. The summed E-state index contributed by atoms with van der Waals surface area (Å²) in [4.78, 5) is 20.4. The van der Waals surface area contributed by atoms with Crippen LogP contribution in [-0.4, -0.2) is 23.1 Å². The number of thiophene rings is 1. The van der Waals surface area contributed by atoms with E-state index in [2.05, 4.69) is 5.10 Å². The third-order valence-electron chi connectivity index (χ3n) is 2.88. The van der Waals surface area contributed by atoms with Crippen LogP contribution in [0.15, 0.2) is 29.4 Å². The van der Waals surface area contributed by atoms with E-state index < -0.39 is 21.2 Å². The standard InChI is InChI=1S/C13H8ClN5O4S/c1-17(16-7-9-4-2-8(6-15)3-5-9)13-11(19(22)23)10(18(20)21)12(14)24-13/h2-5,7H,1H3. The first-order chi connectivity index (χ1) is 11.3. The second kappa shape index (κ2) is 7.03. The molecule has 0 aliphatic carbocycles. The second-order valence-corrected chi connectivity index (χ2v) is 6.00. The lowest BCUT2D eigenvalue weighted by molar-refractivity contribution is -0.421. The molecule has 9 nitrogen and oxygen atoms in total. The van der Waals surface area contributed by atoms with Gasteiger partial charge in [0, 0.05) is 7.05 Å². The van der Waals surface area contributed by atoms with E-state index in [0.717, 1.165) is 5.01 Å². The average molecular weight is 366 g/mol. The van der Waals surface area contributed by atoms with Gasteiger partial charge in [-0.25, -0.2) is 0 Å². The predicted molar refractivity (Wildman–Crippen MR) is 89.8 cm³/mol. The van der Waals surface area contributed by atoms with Crippen LogP contribution in [0, 0.1) is 31.6 Å². The fraction of sp³-hybridized carbons (Fsp3) is 0.0769. The molecule has 122 valence electrons. The van der Waals surface area contributed by atoms with E-state index >= 15 is 0 Å². The van der Waals surface area contributed by atoms with E-state index in [9.17, 15) is 20.2 Å². The molecule has 0 atom stereocenters. The van der Waals surface area contributed by atoms with Gasteiger partial charge in [0.1, 0.15) is 0 Å². The Morgan fingerprint density at radius 3 is 2.33 bits per heavy atom. The maximum atomic E-state index is 11.1. The van der Waals surface area contributed by atoms with Crippen molar-refractivity contribution in [3.05, 3.63) is 60.0 Å². The molecule has 0 fully saturated rings. The average Bonchev–Trinajstić information content (AvgIpc) is 2.91. The van der Waals surface area contributed by atoms with Gasteiger partial charge in [0.25, 0.3) is 0 Å². The molecule has 2 rings (SSSR count). The van der Waals surface area contributed by atoms with Crippen LogP contribution < -0.4 is 5.01 Å². The number of hydrogen-bond acceptors (Lipinski definition) is 8. The van der Waals surface area contributed by atoms with Crippen molar-refractivity contribution in [1.82, 2.24) is 0 Å². The Labute approximate surface area is 144 Å². The summed E-state index contributed by atoms with van der Waals surface area (Å²) in [6.07, 6.45) is 1.41. The largest absolute Gasteiger partial charge is 0.383 e. The van der Waals surface area contributed by atoms with Crippen molar-refractivity contribution >= 4 is 45.5 Å². The molecule has 0 amide bonds. The zero-order valence-electron chi connectivity index (χ0n) is 12.0. The second-order valence-electron chi connectivity index (χ2n) is 4.39. The lowest BCUT2D eigenvalue weighted by atomic mass is 10.2. The van der Waals surface area contributed by atoms with Gasteiger partial charge < -0.3 is 0 Å². The van der Waals surface area contributed by atoms with Crippen LogP contribution in [0.1, 0.15) is 11.1 Å². The molecule has 0 radical (unpaired) electrons. The maximum absolute atomic E-state index is 11.1. The molecular weight excluding hydrogens is 358 g/mol.